The van der Waals surface area contributed by atoms with E-state index in [2.05, 4.69) is 187 Å². The minimum Gasteiger partial charge on any atom is -0.309 e. The molecule has 0 fully saturated rings. The molecule has 11 rings (SSSR count). The largest absolute Gasteiger partial charge is 0.309 e. The molecule has 0 spiro atoms. The maximum absolute atomic E-state index is 15.5. The predicted molar refractivity (Wildman–Crippen MR) is 241 cm³/mol. The molecule has 10 aromatic rings. The van der Waals surface area contributed by atoms with Gasteiger partial charge in [-0.05, 0) is 92.5 Å². The molecule has 1 aromatic heterocycles. The van der Waals surface area contributed by atoms with Crippen LogP contribution in [0.3, 0.4) is 0 Å². The van der Waals surface area contributed by atoms with Crippen molar-refractivity contribution in [2.45, 2.75) is 0 Å². The van der Waals surface area contributed by atoms with Crippen molar-refractivity contribution in [3.8, 4) is 61.3 Å². The van der Waals surface area contributed by atoms with Gasteiger partial charge in [-0.15, -0.1) is 0 Å². The van der Waals surface area contributed by atoms with E-state index in [4.69, 9.17) is 0 Å². The molecule has 0 aliphatic carbocycles. The van der Waals surface area contributed by atoms with Gasteiger partial charge in [0.05, 0.1) is 11.0 Å². The standard InChI is InChI=1S/C54H36NOP/c56-57(46-18-8-3-9-19-46)51-23-13-11-21-49(51)53-52(57)33-32-48-47-20-10-12-22-50(47)55(54(48)53)45-30-28-41(29-31-45)44-35-42(38-16-6-2-7-17-38)34-43(36-44)40-26-24-39(25-27-40)37-14-4-1-5-15-37/h1-36H. The van der Waals surface area contributed by atoms with Crippen LogP contribution in [0.4, 0.5) is 0 Å². The zero-order valence-corrected chi connectivity index (χ0v) is 32.0. The molecule has 1 atom stereocenters. The lowest BCUT2D eigenvalue weighted by Crippen LogP contribution is -2.20. The third kappa shape index (κ3) is 5.37. The van der Waals surface area contributed by atoms with Crippen LogP contribution in [0.25, 0.3) is 83.1 Å². The summed E-state index contributed by atoms with van der Waals surface area (Å²) in [4.78, 5) is 0. The van der Waals surface area contributed by atoms with Crippen LogP contribution < -0.4 is 15.9 Å². The molecule has 9 aromatic carbocycles. The quantitative estimate of drug-likeness (QED) is 0.155. The van der Waals surface area contributed by atoms with Gasteiger partial charge in [-0.2, -0.15) is 0 Å². The van der Waals surface area contributed by atoms with Crippen molar-refractivity contribution in [2.24, 2.45) is 0 Å². The van der Waals surface area contributed by atoms with Gasteiger partial charge in [-0.25, -0.2) is 0 Å². The van der Waals surface area contributed by atoms with Crippen molar-refractivity contribution >= 4 is 44.9 Å². The molecule has 2 heterocycles. The second-order valence-corrected chi connectivity index (χ2v) is 17.5. The average molecular weight is 746 g/mol. The van der Waals surface area contributed by atoms with Gasteiger partial charge in [0.25, 0.3) is 0 Å². The highest BCUT2D eigenvalue weighted by Gasteiger charge is 2.41. The van der Waals surface area contributed by atoms with E-state index in [9.17, 15) is 0 Å². The smallest absolute Gasteiger partial charge is 0.172 e. The Labute approximate surface area is 332 Å². The average Bonchev–Trinajstić information content (AvgIpc) is 3.77. The van der Waals surface area contributed by atoms with Crippen molar-refractivity contribution in [2.75, 3.05) is 0 Å². The van der Waals surface area contributed by atoms with E-state index in [1.54, 1.807) is 0 Å². The van der Waals surface area contributed by atoms with Gasteiger partial charge in [-0.3, -0.25) is 0 Å². The fraction of sp³-hybridized carbons (Fsp3) is 0. The van der Waals surface area contributed by atoms with E-state index in [-0.39, 0.29) is 0 Å². The highest BCUT2D eigenvalue weighted by molar-refractivity contribution is 7.86. The first-order valence-corrected chi connectivity index (χ1v) is 21.2. The molecule has 57 heavy (non-hydrogen) atoms. The zero-order valence-electron chi connectivity index (χ0n) is 31.1. The van der Waals surface area contributed by atoms with E-state index < -0.39 is 7.14 Å². The van der Waals surface area contributed by atoms with Gasteiger partial charge in [0, 0.05) is 37.9 Å². The SMILES string of the molecule is O=P1(c2ccccc2)c2ccccc2-c2c1ccc1c3ccccc3n(-c3ccc(-c4cc(-c5ccccc5)cc(-c5ccc(-c6ccccc6)cc5)c4)cc3)c21. The Hall–Kier alpha value is -6.99. The van der Waals surface area contributed by atoms with Crippen LogP contribution in [0.5, 0.6) is 0 Å². The number of hydrogen-bond donors (Lipinski definition) is 0. The molecule has 1 aliphatic rings. The van der Waals surface area contributed by atoms with E-state index >= 15 is 4.57 Å². The lowest BCUT2D eigenvalue weighted by molar-refractivity contribution is 0.593. The summed E-state index contributed by atoms with van der Waals surface area (Å²) in [6.07, 6.45) is 0. The lowest BCUT2D eigenvalue weighted by atomic mass is 9.92. The Balaban J connectivity index is 1.07. The van der Waals surface area contributed by atoms with Gasteiger partial charge in [0.15, 0.2) is 7.14 Å². The lowest BCUT2D eigenvalue weighted by Gasteiger charge is -2.16. The first kappa shape index (κ1) is 33.4. The van der Waals surface area contributed by atoms with Gasteiger partial charge in [-0.1, -0.05) is 176 Å². The number of aromatic nitrogens is 1. The zero-order chi connectivity index (χ0) is 37.9. The number of fused-ring (bicyclic) bond motifs is 7. The first-order valence-electron chi connectivity index (χ1n) is 19.4. The monoisotopic (exact) mass is 745 g/mol. The first-order chi connectivity index (χ1) is 28.1. The molecule has 1 aliphatic heterocycles. The molecule has 0 amide bonds. The number of benzene rings is 9. The Morgan fingerprint density at radius 3 is 1.46 bits per heavy atom. The summed E-state index contributed by atoms with van der Waals surface area (Å²) in [5.74, 6) is 0. The van der Waals surface area contributed by atoms with Crippen LogP contribution in [-0.4, -0.2) is 4.57 Å². The molecule has 0 radical (unpaired) electrons. The van der Waals surface area contributed by atoms with Crippen LogP contribution >= 0.6 is 7.14 Å². The molecule has 0 saturated carbocycles. The highest BCUT2D eigenvalue weighted by atomic mass is 31.2. The van der Waals surface area contributed by atoms with Crippen molar-refractivity contribution in [3.05, 3.63) is 218 Å². The second-order valence-electron chi connectivity index (χ2n) is 14.8. The van der Waals surface area contributed by atoms with E-state index in [0.717, 1.165) is 60.3 Å². The van der Waals surface area contributed by atoms with Crippen LogP contribution in [0.1, 0.15) is 0 Å². The summed E-state index contributed by atoms with van der Waals surface area (Å²) < 4.78 is 17.9. The Bertz CT molecular complexity index is 3170. The number of nitrogens with zero attached hydrogens (tertiary/aromatic N) is 1. The molecular weight excluding hydrogens is 710 g/mol. The van der Waals surface area contributed by atoms with E-state index in [1.807, 2.05) is 36.4 Å². The molecule has 0 saturated heterocycles. The summed E-state index contributed by atoms with van der Waals surface area (Å²) in [6.45, 7) is 0. The van der Waals surface area contributed by atoms with Gasteiger partial charge >= 0.3 is 0 Å². The third-order valence-corrected chi connectivity index (χ3v) is 14.8. The van der Waals surface area contributed by atoms with Crippen molar-refractivity contribution in [1.29, 1.82) is 0 Å². The number of hydrogen-bond acceptors (Lipinski definition) is 1. The summed E-state index contributed by atoms with van der Waals surface area (Å²) in [6, 6.07) is 77.2. The van der Waals surface area contributed by atoms with Gasteiger partial charge in [0.1, 0.15) is 0 Å². The van der Waals surface area contributed by atoms with Gasteiger partial charge in [0.2, 0.25) is 0 Å². The van der Waals surface area contributed by atoms with Crippen LogP contribution in [0.2, 0.25) is 0 Å². The maximum atomic E-state index is 15.5. The highest BCUT2D eigenvalue weighted by Crippen LogP contribution is 2.54. The topological polar surface area (TPSA) is 22.0 Å². The van der Waals surface area contributed by atoms with E-state index in [1.165, 1.54) is 38.8 Å². The van der Waals surface area contributed by atoms with Crippen LogP contribution in [-0.2, 0) is 4.57 Å². The molecule has 2 nitrogen and oxygen atoms in total. The fourth-order valence-electron chi connectivity index (χ4n) is 8.90. The Morgan fingerprint density at radius 1 is 0.351 bits per heavy atom. The third-order valence-electron chi connectivity index (χ3n) is 11.6. The van der Waals surface area contributed by atoms with Crippen molar-refractivity contribution in [3.63, 3.8) is 0 Å². The minimum atomic E-state index is -3.10. The summed E-state index contributed by atoms with van der Waals surface area (Å²) in [5, 5.41) is 5.02. The van der Waals surface area contributed by atoms with Crippen LogP contribution in [0.15, 0.2) is 218 Å². The normalized spacial score (nSPS) is 14.5. The maximum Gasteiger partial charge on any atom is 0.172 e. The van der Waals surface area contributed by atoms with Crippen molar-refractivity contribution in [1.82, 2.24) is 4.57 Å². The van der Waals surface area contributed by atoms with Crippen molar-refractivity contribution < 1.29 is 4.57 Å². The Kier molecular flexibility index (Phi) is 7.81. The molecular formula is C54H36NOP. The molecule has 0 bridgehead atoms. The summed E-state index contributed by atoms with van der Waals surface area (Å²) in [7, 11) is -3.10. The number of para-hydroxylation sites is 1. The molecule has 0 N–H and O–H groups in total. The predicted octanol–water partition coefficient (Wildman–Crippen LogP) is 13.1. The van der Waals surface area contributed by atoms with Crippen LogP contribution in [0, 0.1) is 0 Å². The molecule has 268 valence electrons. The van der Waals surface area contributed by atoms with E-state index in [0.29, 0.717) is 0 Å². The summed E-state index contributed by atoms with van der Waals surface area (Å²) >= 11 is 0. The Morgan fingerprint density at radius 2 is 0.825 bits per heavy atom. The fourth-order valence-corrected chi connectivity index (χ4v) is 12.0. The second kappa shape index (κ2) is 13.3. The summed E-state index contributed by atoms with van der Waals surface area (Å²) in [5.41, 5.74) is 14.8. The molecule has 3 heteroatoms. The van der Waals surface area contributed by atoms with Gasteiger partial charge < -0.3 is 9.13 Å². The number of rotatable bonds is 6. The molecule has 1 unspecified atom stereocenters. The minimum absolute atomic E-state index is 0.867.